The maximum Gasteiger partial charge on any atom is 0.249 e. The van der Waals surface area contributed by atoms with Gasteiger partial charge in [0.05, 0.1) is 33.5 Å². The van der Waals surface area contributed by atoms with Crippen molar-refractivity contribution in [3.05, 3.63) is 47.2 Å². The number of nitrogens with zero attached hydrogens (tertiary/aromatic N) is 5. The van der Waals surface area contributed by atoms with Gasteiger partial charge in [-0.3, -0.25) is 14.7 Å². The van der Waals surface area contributed by atoms with Crippen molar-refractivity contribution in [3.8, 4) is 11.3 Å². The fourth-order valence-electron chi connectivity index (χ4n) is 6.67. The zero-order valence-corrected chi connectivity index (χ0v) is 27.7. The second-order valence-electron chi connectivity index (χ2n) is 13.7. The number of rotatable bonds is 10. The lowest BCUT2D eigenvalue weighted by molar-refractivity contribution is -0.0368. The predicted octanol–water partition coefficient (Wildman–Crippen LogP) is 6.60. The third kappa shape index (κ3) is 5.94. The summed E-state index contributed by atoms with van der Waals surface area (Å²) in [7, 11) is -1.30. The van der Waals surface area contributed by atoms with Crippen molar-refractivity contribution in [3.63, 3.8) is 0 Å². The van der Waals surface area contributed by atoms with Crippen LogP contribution in [-0.2, 0) is 22.7 Å². The monoisotopic (exact) mass is 620 g/mol. The fraction of sp³-hybridized carbons (Fsp3) is 0.545. The summed E-state index contributed by atoms with van der Waals surface area (Å²) in [4.78, 5) is 19.9. The number of primary amides is 1. The van der Waals surface area contributed by atoms with E-state index in [-0.39, 0.29) is 18.8 Å². The molecule has 5 heterocycles. The first kappa shape index (κ1) is 30.9. The number of nitrogens with two attached hydrogens (primary N) is 1. The first-order valence-corrected chi connectivity index (χ1v) is 19.7. The van der Waals surface area contributed by atoms with Crippen LogP contribution in [0.15, 0.2) is 24.4 Å². The molecule has 236 valence electrons. The van der Waals surface area contributed by atoms with Crippen LogP contribution in [0.5, 0.6) is 0 Å². The third-order valence-electron chi connectivity index (χ3n) is 9.25. The topological polar surface area (TPSA) is 100 Å². The Balaban J connectivity index is 1.48. The molecule has 2 aliphatic rings. The average molecular weight is 621 g/mol. The van der Waals surface area contributed by atoms with Gasteiger partial charge in [0, 0.05) is 56.6 Å². The van der Waals surface area contributed by atoms with Crippen molar-refractivity contribution in [1.29, 1.82) is 0 Å². The van der Waals surface area contributed by atoms with E-state index >= 15 is 4.39 Å². The molecule has 11 heteroatoms. The van der Waals surface area contributed by atoms with Gasteiger partial charge in [-0.25, -0.2) is 9.07 Å². The molecule has 9 nitrogen and oxygen atoms in total. The van der Waals surface area contributed by atoms with Crippen LogP contribution in [0, 0.1) is 12.7 Å². The SMILES string of the molecule is Cc1nn(C2CCCCO2)c2ccc(C(N)=O)c(-c3cc4c(cn3)c(F)c(CN3CCC[C@@H]3C)n4COCC[Si](C)(C)C)c12. The van der Waals surface area contributed by atoms with Crippen molar-refractivity contribution in [1.82, 2.24) is 24.2 Å². The van der Waals surface area contributed by atoms with Crippen molar-refractivity contribution in [2.45, 2.75) is 97.2 Å². The number of carbonyl (C=O) groups excluding carboxylic acids is 1. The summed E-state index contributed by atoms with van der Waals surface area (Å²) in [5.74, 6) is -0.816. The molecule has 3 aromatic heterocycles. The standard InChI is InChI=1S/C33H45FN6O3Si/c1-21-9-8-13-38(21)19-28-32(34)24-18-36-25(17-27(24)39(28)20-42-15-16-44(3,4)5)31-23(33(35)41)11-12-26-30(31)22(2)37-40(26)29-10-6-7-14-43-29/h11-12,17-18,21,29H,6-10,13-16,19-20H2,1-5H3,(H2,35,41)/t21-,29?/m0/s1. The van der Waals surface area contributed by atoms with Gasteiger partial charge in [0.1, 0.15) is 6.73 Å². The molecule has 2 N–H and O–H groups in total. The van der Waals surface area contributed by atoms with Gasteiger partial charge < -0.3 is 19.8 Å². The van der Waals surface area contributed by atoms with E-state index < -0.39 is 14.0 Å². The van der Waals surface area contributed by atoms with Crippen molar-refractivity contribution < 1.29 is 18.7 Å². The molecule has 2 aliphatic heterocycles. The van der Waals surface area contributed by atoms with E-state index in [1.807, 2.05) is 28.3 Å². The van der Waals surface area contributed by atoms with Crippen molar-refractivity contribution >= 4 is 35.8 Å². The number of aryl methyl sites for hydroxylation is 1. The molecule has 0 spiro atoms. The van der Waals surface area contributed by atoms with Gasteiger partial charge in [0.25, 0.3) is 0 Å². The molecular weight excluding hydrogens is 575 g/mol. The number of aromatic nitrogens is 4. The molecule has 0 radical (unpaired) electrons. The number of fused-ring (bicyclic) bond motifs is 2. The second kappa shape index (κ2) is 12.3. The van der Waals surface area contributed by atoms with Crippen LogP contribution in [0.3, 0.4) is 0 Å². The first-order valence-electron chi connectivity index (χ1n) is 16.0. The maximum atomic E-state index is 16.2. The maximum absolute atomic E-state index is 16.2. The normalized spacial score (nSPS) is 19.9. The number of pyridine rings is 1. The molecule has 1 unspecified atom stereocenters. The Labute approximate surface area is 259 Å². The summed E-state index contributed by atoms with van der Waals surface area (Å²) < 4.78 is 32.3. The van der Waals surface area contributed by atoms with Gasteiger partial charge in [-0.05, 0) is 76.7 Å². The quantitative estimate of drug-likeness (QED) is 0.159. The van der Waals surface area contributed by atoms with Gasteiger partial charge in [-0.2, -0.15) is 5.10 Å². The van der Waals surface area contributed by atoms with Crippen LogP contribution in [-0.4, -0.2) is 64.0 Å². The fourth-order valence-corrected chi connectivity index (χ4v) is 7.43. The molecule has 6 rings (SSSR count). The molecule has 0 saturated carbocycles. The summed E-state index contributed by atoms with van der Waals surface area (Å²) in [5, 5.41) is 6.11. The summed E-state index contributed by atoms with van der Waals surface area (Å²) in [6.45, 7) is 14.1. The number of benzene rings is 1. The zero-order valence-electron chi connectivity index (χ0n) is 26.7. The van der Waals surface area contributed by atoms with E-state index in [0.29, 0.717) is 59.2 Å². The largest absolute Gasteiger partial charge is 0.366 e. The van der Waals surface area contributed by atoms with Crippen molar-refractivity contribution in [2.24, 2.45) is 5.73 Å². The lowest BCUT2D eigenvalue weighted by Gasteiger charge is -2.23. The van der Waals surface area contributed by atoms with Crippen LogP contribution in [0.25, 0.3) is 33.1 Å². The Kier molecular flexibility index (Phi) is 8.66. The molecule has 2 saturated heterocycles. The third-order valence-corrected chi connectivity index (χ3v) is 11.0. The van der Waals surface area contributed by atoms with E-state index in [1.54, 1.807) is 12.3 Å². The minimum absolute atomic E-state index is 0.169. The lowest BCUT2D eigenvalue weighted by Crippen LogP contribution is -2.28. The summed E-state index contributed by atoms with van der Waals surface area (Å²) in [6.07, 6.45) is 6.61. The Morgan fingerprint density at radius 1 is 1.18 bits per heavy atom. The van der Waals surface area contributed by atoms with Crippen molar-refractivity contribution in [2.75, 3.05) is 19.8 Å². The molecule has 44 heavy (non-hydrogen) atoms. The number of hydrogen-bond acceptors (Lipinski definition) is 6. The number of likely N-dealkylation sites (tertiary alicyclic amines) is 1. The second-order valence-corrected chi connectivity index (χ2v) is 19.3. The summed E-state index contributed by atoms with van der Waals surface area (Å²) >= 11 is 0. The van der Waals surface area contributed by atoms with E-state index in [9.17, 15) is 4.79 Å². The number of carbonyl (C=O) groups is 1. The predicted molar refractivity (Wildman–Crippen MR) is 174 cm³/mol. The van der Waals surface area contributed by atoms with Crippen LogP contribution in [0.1, 0.15) is 67.0 Å². The summed E-state index contributed by atoms with van der Waals surface area (Å²) in [5.41, 5.74) is 10.3. The molecular formula is C33H45FN6O3Si. The molecule has 0 aliphatic carbocycles. The van der Waals surface area contributed by atoms with Crippen LogP contribution in [0.2, 0.25) is 25.7 Å². The smallest absolute Gasteiger partial charge is 0.249 e. The lowest BCUT2D eigenvalue weighted by atomic mass is 9.97. The highest BCUT2D eigenvalue weighted by Gasteiger charge is 2.28. The number of hydrogen-bond donors (Lipinski definition) is 1. The van der Waals surface area contributed by atoms with Gasteiger partial charge in [-0.15, -0.1) is 0 Å². The highest BCUT2D eigenvalue weighted by Crippen LogP contribution is 2.38. The van der Waals surface area contributed by atoms with E-state index in [2.05, 4.69) is 31.5 Å². The highest BCUT2D eigenvalue weighted by atomic mass is 28.3. The number of amides is 1. The minimum atomic E-state index is -1.30. The van der Waals surface area contributed by atoms with E-state index in [0.717, 1.165) is 61.3 Å². The minimum Gasteiger partial charge on any atom is -0.366 e. The Morgan fingerprint density at radius 2 is 2.00 bits per heavy atom. The number of ether oxygens (including phenoxy) is 2. The molecule has 2 fully saturated rings. The van der Waals surface area contributed by atoms with Gasteiger partial charge >= 0.3 is 0 Å². The van der Waals surface area contributed by atoms with E-state index in [1.165, 1.54) is 0 Å². The molecule has 1 amide bonds. The van der Waals surface area contributed by atoms with Gasteiger partial charge in [0.15, 0.2) is 12.0 Å². The molecule has 0 bridgehead atoms. The molecule has 4 aromatic rings. The number of halogens is 1. The average Bonchev–Trinajstić information content (AvgIpc) is 3.64. The first-order chi connectivity index (χ1) is 21.0. The Hall–Kier alpha value is -3.12. The van der Waals surface area contributed by atoms with Crippen LogP contribution in [0.4, 0.5) is 4.39 Å². The van der Waals surface area contributed by atoms with Crippen LogP contribution >= 0.6 is 0 Å². The van der Waals surface area contributed by atoms with Gasteiger partial charge in [0.2, 0.25) is 5.91 Å². The Morgan fingerprint density at radius 3 is 2.68 bits per heavy atom. The molecule has 2 atom stereocenters. The highest BCUT2D eigenvalue weighted by molar-refractivity contribution is 6.76. The summed E-state index contributed by atoms with van der Waals surface area (Å²) in [6, 6.07) is 6.93. The Bertz CT molecular complexity index is 1690. The zero-order chi connectivity index (χ0) is 31.2. The van der Waals surface area contributed by atoms with E-state index in [4.69, 9.17) is 25.3 Å². The molecule has 1 aromatic carbocycles. The van der Waals surface area contributed by atoms with Gasteiger partial charge in [-0.1, -0.05) is 19.6 Å². The van der Waals surface area contributed by atoms with Crippen LogP contribution < -0.4 is 5.73 Å².